The Bertz CT molecular complexity index is 876. The molecule has 0 bridgehead atoms. The van der Waals surface area contributed by atoms with Gasteiger partial charge in [0.25, 0.3) is 0 Å². The van der Waals surface area contributed by atoms with Gasteiger partial charge in [-0.1, -0.05) is 77.1 Å². The topological polar surface area (TPSA) is 58.6 Å². The van der Waals surface area contributed by atoms with Crippen molar-refractivity contribution in [2.75, 3.05) is 0 Å². The lowest BCUT2D eigenvalue weighted by molar-refractivity contribution is 0.0994. The second-order valence-electron chi connectivity index (χ2n) is 5.62. The van der Waals surface area contributed by atoms with Crippen LogP contribution in [0.25, 0.3) is 11.4 Å². The average molecular weight is 416 g/mol. The van der Waals surface area contributed by atoms with Gasteiger partial charge in [0, 0.05) is 15.6 Å². The Balaban J connectivity index is 1.71. The lowest BCUT2D eigenvalue weighted by Crippen LogP contribution is -2.13. The summed E-state index contributed by atoms with van der Waals surface area (Å²) in [7, 11) is 0. The first kappa shape index (κ1) is 17.9. The number of nitrogens with zero attached hydrogens (tertiary/aromatic N) is 2. The van der Waals surface area contributed by atoms with Gasteiger partial charge < -0.3 is 0 Å². The van der Waals surface area contributed by atoms with E-state index in [1.807, 2.05) is 55.5 Å². The summed E-state index contributed by atoms with van der Waals surface area (Å²) >= 11 is 4.87. The van der Waals surface area contributed by atoms with E-state index in [1.165, 1.54) is 17.3 Å². The summed E-state index contributed by atoms with van der Waals surface area (Å²) in [5, 5.41) is 7.48. The summed E-state index contributed by atoms with van der Waals surface area (Å²) in [5.74, 6) is 0.766. The minimum atomic E-state index is -0.254. The van der Waals surface area contributed by atoms with Crippen molar-refractivity contribution in [2.45, 2.75) is 30.7 Å². The van der Waals surface area contributed by atoms with E-state index in [0.717, 1.165) is 22.0 Å². The number of thioether (sulfide) groups is 1. The third-order valence-electron chi connectivity index (χ3n) is 3.89. The molecule has 0 saturated heterocycles. The molecule has 0 amide bonds. The molecule has 25 heavy (non-hydrogen) atoms. The van der Waals surface area contributed by atoms with Gasteiger partial charge in [-0.2, -0.15) is 0 Å². The van der Waals surface area contributed by atoms with Crippen molar-refractivity contribution >= 4 is 33.5 Å². The van der Waals surface area contributed by atoms with Crippen LogP contribution in [0.5, 0.6) is 0 Å². The number of carbonyl (C=O) groups excluding carboxylic acids is 1. The SMILES string of the molecule is CCc1ccc(C(=O)[C@H](C)Sc2n[nH]c(-c3ccccc3Br)n2)cc1. The Kier molecular flexibility index (Phi) is 5.71. The maximum Gasteiger partial charge on any atom is 0.209 e. The van der Waals surface area contributed by atoms with E-state index in [2.05, 4.69) is 38.0 Å². The summed E-state index contributed by atoms with van der Waals surface area (Å²) in [4.78, 5) is 17.1. The molecule has 0 aliphatic heterocycles. The monoisotopic (exact) mass is 415 g/mol. The molecular weight excluding hydrogens is 398 g/mol. The van der Waals surface area contributed by atoms with E-state index in [1.54, 1.807) is 0 Å². The molecule has 0 unspecified atom stereocenters. The van der Waals surface area contributed by atoms with Crippen molar-refractivity contribution in [3.05, 3.63) is 64.1 Å². The van der Waals surface area contributed by atoms with Crippen LogP contribution in [0, 0.1) is 0 Å². The van der Waals surface area contributed by atoms with Gasteiger partial charge in [0.1, 0.15) is 0 Å². The number of aromatic nitrogens is 3. The Morgan fingerprint density at radius 1 is 1.20 bits per heavy atom. The highest BCUT2D eigenvalue weighted by Crippen LogP contribution is 2.28. The van der Waals surface area contributed by atoms with Gasteiger partial charge in [-0.3, -0.25) is 9.89 Å². The van der Waals surface area contributed by atoms with E-state index in [0.29, 0.717) is 11.0 Å². The van der Waals surface area contributed by atoms with Crippen molar-refractivity contribution in [1.82, 2.24) is 15.2 Å². The number of ketones is 1. The van der Waals surface area contributed by atoms with Crippen molar-refractivity contribution in [3.8, 4) is 11.4 Å². The van der Waals surface area contributed by atoms with Crippen LogP contribution in [0.4, 0.5) is 0 Å². The van der Waals surface area contributed by atoms with Gasteiger partial charge in [0.15, 0.2) is 11.6 Å². The van der Waals surface area contributed by atoms with Crippen LogP contribution >= 0.6 is 27.7 Å². The predicted molar refractivity (Wildman–Crippen MR) is 105 cm³/mol. The summed E-state index contributed by atoms with van der Waals surface area (Å²) in [6, 6.07) is 15.6. The summed E-state index contributed by atoms with van der Waals surface area (Å²) in [6.07, 6.45) is 0.966. The Hall–Kier alpha value is -1.92. The third-order valence-corrected chi connectivity index (χ3v) is 5.54. The highest BCUT2D eigenvalue weighted by atomic mass is 79.9. The molecule has 0 fully saturated rings. The van der Waals surface area contributed by atoms with Crippen LogP contribution in [-0.4, -0.2) is 26.2 Å². The molecule has 0 spiro atoms. The average Bonchev–Trinajstić information content (AvgIpc) is 3.09. The first-order valence-corrected chi connectivity index (χ1v) is 9.73. The maximum absolute atomic E-state index is 12.6. The normalized spacial score (nSPS) is 12.1. The Labute approximate surface area is 159 Å². The number of hydrogen-bond acceptors (Lipinski definition) is 4. The van der Waals surface area contributed by atoms with E-state index < -0.39 is 0 Å². The van der Waals surface area contributed by atoms with Crippen LogP contribution in [-0.2, 0) is 6.42 Å². The molecule has 6 heteroatoms. The number of hydrogen-bond donors (Lipinski definition) is 1. The highest BCUT2D eigenvalue weighted by molar-refractivity contribution is 9.10. The van der Waals surface area contributed by atoms with Crippen LogP contribution < -0.4 is 0 Å². The maximum atomic E-state index is 12.6. The van der Waals surface area contributed by atoms with E-state index in [4.69, 9.17) is 0 Å². The number of aromatic amines is 1. The van der Waals surface area contributed by atoms with Crippen molar-refractivity contribution in [3.63, 3.8) is 0 Å². The number of H-pyrrole nitrogens is 1. The number of Topliss-reactive ketones (excluding diaryl/α,β-unsaturated/α-hetero) is 1. The largest absolute Gasteiger partial charge is 0.293 e. The molecule has 2 aromatic carbocycles. The number of aryl methyl sites for hydroxylation is 1. The molecule has 1 N–H and O–H groups in total. The zero-order valence-corrected chi connectivity index (χ0v) is 16.4. The number of rotatable bonds is 6. The van der Waals surface area contributed by atoms with Crippen LogP contribution in [0.2, 0.25) is 0 Å². The van der Waals surface area contributed by atoms with Crippen molar-refractivity contribution in [2.24, 2.45) is 0 Å². The fourth-order valence-corrected chi connectivity index (χ4v) is 3.70. The summed E-state index contributed by atoms with van der Waals surface area (Å²) < 4.78 is 0.947. The quantitative estimate of drug-likeness (QED) is 0.446. The van der Waals surface area contributed by atoms with Gasteiger partial charge in [0.05, 0.1) is 5.25 Å². The molecule has 3 aromatic rings. The fraction of sp³-hybridized carbons (Fsp3) is 0.211. The molecule has 0 saturated carbocycles. The molecular formula is C19H18BrN3OS. The minimum absolute atomic E-state index is 0.0832. The van der Waals surface area contributed by atoms with Gasteiger partial charge in [-0.05, 0) is 25.0 Å². The second kappa shape index (κ2) is 7.97. The standard InChI is InChI=1S/C19H18BrN3OS/c1-3-13-8-10-14(11-9-13)17(24)12(2)25-19-21-18(22-23-19)15-6-4-5-7-16(15)20/h4-12H,3H2,1-2H3,(H,21,22,23)/t12-/m0/s1. The number of benzene rings is 2. The smallest absolute Gasteiger partial charge is 0.209 e. The van der Waals surface area contributed by atoms with E-state index >= 15 is 0 Å². The highest BCUT2D eigenvalue weighted by Gasteiger charge is 2.19. The molecule has 4 nitrogen and oxygen atoms in total. The van der Waals surface area contributed by atoms with Gasteiger partial charge in [-0.15, -0.1) is 5.10 Å². The molecule has 128 valence electrons. The van der Waals surface area contributed by atoms with Crippen LogP contribution in [0.15, 0.2) is 58.2 Å². The number of carbonyl (C=O) groups is 1. The lowest BCUT2D eigenvalue weighted by atomic mass is 10.1. The number of nitrogens with one attached hydrogen (secondary N) is 1. The molecule has 3 rings (SSSR count). The first-order valence-electron chi connectivity index (χ1n) is 8.05. The molecule has 1 atom stereocenters. The Morgan fingerprint density at radius 3 is 2.60 bits per heavy atom. The van der Waals surface area contributed by atoms with Crippen LogP contribution in [0.3, 0.4) is 0 Å². The zero-order valence-electron chi connectivity index (χ0n) is 14.0. The van der Waals surface area contributed by atoms with E-state index in [-0.39, 0.29) is 11.0 Å². The molecule has 1 heterocycles. The van der Waals surface area contributed by atoms with Gasteiger partial charge in [-0.25, -0.2) is 4.98 Å². The predicted octanol–water partition coefficient (Wildman–Crippen LogP) is 5.16. The van der Waals surface area contributed by atoms with Gasteiger partial charge in [0.2, 0.25) is 5.16 Å². The Morgan fingerprint density at radius 2 is 1.92 bits per heavy atom. The zero-order chi connectivity index (χ0) is 17.8. The minimum Gasteiger partial charge on any atom is -0.293 e. The molecule has 0 radical (unpaired) electrons. The second-order valence-corrected chi connectivity index (χ2v) is 7.78. The molecule has 0 aliphatic rings. The van der Waals surface area contributed by atoms with Gasteiger partial charge >= 0.3 is 0 Å². The third kappa shape index (κ3) is 4.19. The van der Waals surface area contributed by atoms with E-state index in [9.17, 15) is 4.79 Å². The van der Waals surface area contributed by atoms with Crippen LogP contribution in [0.1, 0.15) is 29.8 Å². The summed E-state index contributed by atoms with van der Waals surface area (Å²) in [6.45, 7) is 3.98. The molecule has 0 aliphatic carbocycles. The van der Waals surface area contributed by atoms with Crippen molar-refractivity contribution < 1.29 is 4.79 Å². The fourth-order valence-electron chi connectivity index (χ4n) is 2.42. The van der Waals surface area contributed by atoms with Crippen molar-refractivity contribution in [1.29, 1.82) is 0 Å². The summed E-state index contributed by atoms with van der Waals surface area (Å²) in [5.41, 5.74) is 2.89. The first-order chi connectivity index (χ1) is 12.1. The number of halogens is 1. The lowest BCUT2D eigenvalue weighted by Gasteiger charge is -2.08. The molecule has 1 aromatic heterocycles.